The Balaban J connectivity index is 1.80. The second kappa shape index (κ2) is 10.3. The number of ketones is 1. The lowest BCUT2D eigenvalue weighted by Gasteiger charge is -2.25. The number of Topliss-reactive ketones (excluding diaryl/α,β-unsaturated/α-hetero) is 1. The number of anilines is 1. The Bertz CT molecular complexity index is 1320. The van der Waals surface area contributed by atoms with Gasteiger partial charge in [-0.25, -0.2) is 0 Å². The van der Waals surface area contributed by atoms with Gasteiger partial charge in [0.25, 0.3) is 11.7 Å². The lowest BCUT2D eigenvalue weighted by atomic mass is 9.95. The third kappa shape index (κ3) is 4.92. The fraction of sp³-hybridized carbons (Fsp3) is 0.154. The number of amides is 1. The molecule has 0 saturated carbocycles. The van der Waals surface area contributed by atoms with Crippen LogP contribution in [0.3, 0.4) is 0 Å². The minimum atomic E-state index is -0.914. The first-order chi connectivity index (χ1) is 16.8. The maximum atomic E-state index is 13.2. The van der Waals surface area contributed by atoms with Crippen LogP contribution in [0.1, 0.15) is 29.7 Å². The highest BCUT2D eigenvalue weighted by Gasteiger charge is 2.47. The molecule has 0 spiro atoms. The van der Waals surface area contributed by atoms with Gasteiger partial charge in [0.2, 0.25) is 0 Å². The van der Waals surface area contributed by atoms with Gasteiger partial charge in [-0.3, -0.25) is 24.3 Å². The molecule has 2 heterocycles. The average Bonchev–Trinajstić information content (AvgIpc) is 3.12. The summed E-state index contributed by atoms with van der Waals surface area (Å²) in [6.07, 6.45) is 3.16. The van der Waals surface area contributed by atoms with Crippen LogP contribution in [-0.2, 0) is 25.5 Å². The maximum Gasteiger partial charge on any atom is 0.310 e. The first kappa shape index (κ1) is 24.4. The lowest BCUT2D eigenvalue weighted by Crippen LogP contribution is -2.29. The van der Waals surface area contributed by atoms with Gasteiger partial charge in [-0.15, -0.1) is 0 Å². The number of hydrogen-bond donors (Lipinski definition) is 1. The largest absolute Gasteiger partial charge is 0.507 e. The van der Waals surface area contributed by atoms with E-state index in [1.165, 1.54) is 35.5 Å². The van der Waals surface area contributed by atoms with E-state index in [4.69, 9.17) is 27.9 Å². The molecule has 1 N–H and O–H groups in total. The highest BCUT2D eigenvalue weighted by atomic mass is 35.5. The Kier molecular flexibility index (Phi) is 7.19. The van der Waals surface area contributed by atoms with E-state index in [1.807, 2.05) is 0 Å². The molecule has 4 rings (SSSR count). The van der Waals surface area contributed by atoms with Gasteiger partial charge < -0.3 is 9.84 Å². The number of carbonyl (C=O) groups is 3. The second-order valence-corrected chi connectivity index (χ2v) is 8.54. The number of nitrogens with zero attached hydrogens (tertiary/aromatic N) is 2. The molecule has 1 aliphatic rings. The summed E-state index contributed by atoms with van der Waals surface area (Å²) >= 11 is 12.1. The van der Waals surface area contributed by atoms with Crippen molar-refractivity contribution in [3.8, 4) is 0 Å². The van der Waals surface area contributed by atoms with Crippen molar-refractivity contribution < 1.29 is 24.2 Å². The van der Waals surface area contributed by atoms with Crippen LogP contribution in [0.4, 0.5) is 5.69 Å². The first-order valence-electron chi connectivity index (χ1n) is 10.7. The van der Waals surface area contributed by atoms with Gasteiger partial charge >= 0.3 is 5.97 Å². The number of carbonyl (C=O) groups excluding carboxylic acids is 3. The predicted molar refractivity (Wildman–Crippen MR) is 132 cm³/mol. The van der Waals surface area contributed by atoms with Crippen molar-refractivity contribution in [1.82, 2.24) is 4.98 Å². The van der Waals surface area contributed by atoms with Crippen LogP contribution in [0.25, 0.3) is 5.76 Å². The van der Waals surface area contributed by atoms with Crippen LogP contribution in [0.2, 0.25) is 10.0 Å². The summed E-state index contributed by atoms with van der Waals surface area (Å²) in [7, 11) is 0. The van der Waals surface area contributed by atoms with Crippen molar-refractivity contribution in [1.29, 1.82) is 0 Å². The van der Waals surface area contributed by atoms with E-state index < -0.39 is 17.7 Å². The maximum absolute atomic E-state index is 13.2. The highest BCUT2D eigenvalue weighted by Crippen LogP contribution is 2.42. The molecule has 2 aromatic carbocycles. The molecule has 35 heavy (non-hydrogen) atoms. The Hall–Kier alpha value is -3.68. The number of pyridine rings is 1. The van der Waals surface area contributed by atoms with E-state index in [9.17, 15) is 19.5 Å². The van der Waals surface area contributed by atoms with E-state index in [0.717, 1.165) is 0 Å². The van der Waals surface area contributed by atoms with E-state index in [-0.39, 0.29) is 45.9 Å². The summed E-state index contributed by atoms with van der Waals surface area (Å²) in [5.74, 6) is -2.37. The van der Waals surface area contributed by atoms with Crippen LogP contribution in [0.5, 0.6) is 0 Å². The third-order valence-electron chi connectivity index (χ3n) is 5.53. The van der Waals surface area contributed by atoms with Gasteiger partial charge in [0.15, 0.2) is 0 Å². The summed E-state index contributed by atoms with van der Waals surface area (Å²) in [6.45, 7) is 2.01. The van der Waals surface area contributed by atoms with Crippen molar-refractivity contribution in [2.45, 2.75) is 19.4 Å². The summed E-state index contributed by atoms with van der Waals surface area (Å²) in [5.41, 5.74) is 1.86. The van der Waals surface area contributed by atoms with Gasteiger partial charge in [-0.2, -0.15) is 0 Å². The number of benzene rings is 2. The molecule has 1 fully saturated rings. The molecule has 3 aromatic rings. The van der Waals surface area contributed by atoms with Gasteiger partial charge in [-0.05, 0) is 60.5 Å². The Morgan fingerprint density at radius 2 is 1.71 bits per heavy atom. The van der Waals surface area contributed by atoms with Gasteiger partial charge in [0.05, 0.1) is 34.7 Å². The molecule has 7 nitrogen and oxygen atoms in total. The van der Waals surface area contributed by atoms with Crippen molar-refractivity contribution >= 4 is 52.3 Å². The number of rotatable bonds is 6. The Morgan fingerprint density at radius 1 is 1.03 bits per heavy atom. The van der Waals surface area contributed by atoms with Crippen molar-refractivity contribution in [3.63, 3.8) is 0 Å². The zero-order chi connectivity index (χ0) is 25.1. The number of aromatic nitrogens is 1. The highest BCUT2D eigenvalue weighted by molar-refractivity contribution is 6.51. The van der Waals surface area contributed by atoms with Crippen LogP contribution in [0.15, 0.2) is 72.6 Å². The number of halogens is 2. The standard InChI is InChI=1S/C26H20Cl2N2O5/c1-2-35-21(31)13-15-3-6-18(7-4-15)30-23(16-9-11-29-12-10-16)22(25(33)26(30)34)24(32)17-5-8-19(27)20(28)14-17/h3-12,14,23,32H,2,13H2,1H3/b24-22-. The number of aliphatic hydroxyl groups is 1. The molecular weight excluding hydrogens is 491 g/mol. The summed E-state index contributed by atoms with van der Waals surface area (Å²) in [5, 5.41) is 11.6. The minimum Gasteiger partial charge on any atom is -0.507 e. The molecule has 1 aromatic heterocycles. The number of aliphatic hydroxyl groups excluding tert-OH is 1. The smallest absolute Gasteiger partial charge is 0.310 e. The average molecular weight is 511 g/mol. The Labute approximate surface area is 211 Å². The lowest BCUT2D eigenvalue weighted by molar-refractivity contribution is -0.142. The zero-order valence-electron chi connectivity index (χ0n) is 18.6. The molecule has 1 amide bonds. The molecule has 1 aliphatic heterocycles. The van der Waals surface area contributed by atoms with Gasteiger partial charge in [-0.1, -0.05) is 35.3 Å². The van der Waals surface area contributed by atoms with E-state index in [2.05, 4.69) is 4.98 Å². The molecule has 0 bridgehead atoms. The molecule has 1 unspecified atom stereocenters. The van der Waals surface area contributed by atoms with E-state index in [1.54, 1.807) is 43.3 Å². The van der Waals surface area contributed by atoms with Crippen molar-refractivity contribution in [2.75, 3.05) is 11.5 Å². The number of esters is 1. The molecule has 178 valence electrons. The van der Waals surface area contributed by atoms with Crippen LogP contribution < -0.4 is 4.90 Å². The normalized spacial score (nSPS) is 17.0. The Morgan fingerprint density at radius 3 is 2.34 bits per heavy atom. The van der Waals surface area contributed by atoms with Crippen molar-refractivity contribution in [3.05, 3.63) is 99.3 Å². The van der Waals surface area contributed by atoms with Crippen molar-refractivity contribution in [2.24, 2.45) is 0 Å². The molecule has 9 heteroatoms. The van der Waals surface area contributed by atoms with Crippen LogP contribution in [0, 0.1) is 0 Å². The van der Waals surface area contributed by atoms with E-state index in [0.29, 0.717) is 16.8 Å². The third-order valence-corrected chi connectivity index (χ3v) is 6.27. The quantitative estimate of drug-likeness (QED) is 0.214. The second-order valence-electron chi connectivity index (χ2n) is 7.73. The molecule has 0 radical (unpaired) electrons. The molecule has 0 aliphatic carbocycles. The topological polar surface area (TPSA) is 96.8 Å². The predicted octanol–water partition coefficient (Wildman–Crippen LogP) is 5.12. The number of hydrogen-bond acceptors (Lipinski definition) is 6. The first-order valence-corrected chi connectivity index (χ1v) is 11.5. The summed E-state index contributed by atoms with van der Waals surface area (Å²) in [6, 6.07) is 13.5. The minimum absolute atomic E-state index is 0.0814. The fourth-order valence-corrected chi connectivity index (χ4v) is 4.21. The molecule has 1 saturated heterocycles. The SMILES string of the molecule is CCOC(=O)Cc1ccc(N2C(=O)C(=O)/C(=C(\O)c3ccc(Cl)c(Cl)c3)C2c2ccncc2)cc1. The van der Waals surface area contributed by atoms with Crippen LogP contribution >= 0.6 is 23.2 Å². The fourth-order valence-electron chi connectivity index (χ4n) is 3.91. The van der Waals surface area contributed by atoms with Crippen LogP contribution in [-0.4, -0.2) is 34.4 Å². The molecule has 1 atom stereocenters. The summed E-state index contributed by atoms with van der Waals surface area (Å²) in [4.78, 5) is 43.5. The van der Waals surface area contributed by atoms with Gasteiger partial charge in [0, 0.05) is 23.6 Å². The number of ether oxygens (including phenoxy) is 1. The zero-order valence-corrected chi connectivity index (χ0v) is 20.1. The summed E-state index contributed by atoms with van der Waals surface area (Å²) < 4.78 is 4.97. The van der Waals surface area contributed by atoms with Gasteiger partial charge in [0.1, 0.15) is 5.76 Å². The molecular formula is C26H20Cl2N2O5. The monoisotopic (exact) mass is 510 g/mol. The van der Waals surface area contributed by atoms with E-state index >= 15 is 0 Å².